The quantitative estimate of drug-likeness (QED) is 0.553. The molecule has 52 valence electrons. The second kappa shape index (κ2) is 2.71. The number of hydrogen-bond donors (Lipinski definition) is 0. The molecule has 0 unspecified atom stereocenters. The van der Waals surface area contributed by atoms with Crippen LogP contribution in [0.1, 0.15) is 13.3 Å². The summed E-state index contributed by atoms with van der Waals surface area (Å²) in [6.45, 7) is 4.22. The number of amides is 1. The lowest BCUT2D eigenvalue weighted by molar-refractivity contribution is 0.158. The van der Waals surface area contributed by atoms with Crippen molar-refractivity contribution < 1.29 is 9.53 Å². The minimum Gasteiger partial charge on any atom is -0.448 e. The summed E-state index contributed by atoms with van der Waals surface area (Å²) >= 11 is 0. The lowest BCUT2D eigenvalue weighted by Crippen LogP contribution is -2.24. The summed E-state index contributed by atoms with van der Waals surface area (Å²) in [7, 11) is 0. The Morgan fingerprint density at radius 3 is 3.00 bits per heavy atom. The Bertz CT molecular complexity index is 114. The van der Waals surface area contributed by atoms with Crippen molar-refractivity contribution in [2.24, 2.45) is 0 Å². The molecule has 1 fully saturated rings. The molecule has 0 atom stereocenters. The third kappa shape index (κ3) is 1.34. The number of nitrogens with zero attached hydrogens (tertiary/aromatic N) is 1. The largest absolute Gasteiger partial charge is 0.448 e. The van der Waals surface area contributed by atoms with Crippen LogP contribution in [0.3, 0.4) is 0 Å². The van der Waals surface area contributed by atoms with E-state index in [-0.39, 0.29) is 6.09 Å². The number of cyclic esters (lactones) is 1. The highest BCUT2D eigenvalue weighted by Crippen LogP contribution is 2.02. The average Bonchev–Trinajstić information content (AvgIpc) is 2.18. The third-order valence-electron chi connectivity index (χ3n) is 1.34. The smallest absolute Gasteiger partial charge is 0.409 e. The molecule has 0 aromatic carbocycles. The summed E-state index contributed by atoms with van der Waals surface area (Å²) in [5.41, 5.74) is 0. The summed E-state index contributed by atoms with van der Waals surface area (Å²) in [5.74, 6) is 0. The van der Waals surface area contributed by atoms with E-state index in [1.165, 1.54) is 0 Å². The first-order valence-electron chi connectivity index (χ1n) is 3.26. The standard InChI is InChI=1S/C6H11NO2/c1-2-3-7-4-5-9-6(7)8/h2-5H2,1H3. The van der Waals surface area contributed by atoms with Crippen LogP contribution in [0.15, 0.2) is 0 Å². The molecule has 1 saturated heterocycles. The molecule has 1 rings (SSSR count). The van der Waals surface area contributed by atoms with E-state index in [0.29, 0.717) is 6.61 Å². The molecule has 0 aromatic heterocycles. The van der Waals surface area contributed by atoms with E-state index in [4.69, 9.17) is 4.74 Å². The molecule has 3 heteroatoms. The van der Waals surface area contributed by atoms with Crippen molar-refractivity contribution in [2.75, 3.05) is 19.7 Å². The molecule has 0 saturated carbocycles. The molecule has 1 aliphatic heterocycles. The van der Waals surface area contributed by atoms with Gasteiger partial charge in [0.2, 0.25) is 0 Å². The first-order valence-corrected chi connectivity index (χ1v) is 3.26. The second-order valence-corrected chi connectivity index (χ2v) is 2.10. The highest BCUT2D eigenvalue weighted by atomic mass is 16.6. The Morgan fingerprint density at radius 1 is 1.78 bits per heavy atom. The third-order valence-corrected chi connectivity index (χ3v) is 1.34. The first kappa shape index (κ1) is 6.39. The van der Waals surface area contributed by atoms with Crippen LogP contribution in [-0.2, 0) is 4.74 Å². The fourth-order valence-corrected chi connectivity index (χ4v) is 0.899. The van der Waals surface area contributed by atoms with Gasteiger partial charge < -0.3 is 9.64 Å². The first-order chi connectivity index (χ1) is 4.34. The molecule has 3 nitrogen and oxygen atoms in total. The molecular formula is C6H11NO2. The van der Waals surface area contributed by atoms with Crippen LogP contribution in [-0.4, -0.2) is 30.7 Å². The topological polar surface area (TPSA) is 29.5 Å². The maximum absolute atomic E-state index is 10.7. The van der Waals surface area contributed by atoms with E-state index >= 15 is 0 Å². The zero-order valence-corrected chi connectivity index (χ0v) is 5.59. The van der Waals surface area contributed by atoms with Gasteiger partial charge in [-0.05, 0) is 6.42 Å². The van der Waals surface area contributed by atoms with Crippen molar-refractivity contribution in [3.63, 3.8) is 0 Å². The summed E-state index contributed by atoms with van der Waals surface area (Å²) in [5, 5.41) is 0. The molecule has 0 N–H and O–H groups in total. The van der Waals surface area contributed by atoms with E-state index in [0.717, 1.165) is 19.5 Å². The normalized spacial score (nSPS) is 18.3. The van der Waals surface area contributed by atoms with Crippen LogP contribution in [0.25, 0.3) is 0 Å². The van der Waals surface area contributed by atoms with Gasteiger partial charge in [-0.2, -0.15) is 0 Å². The predicted molar refractivity (Wildman–Crippen MR) is 33.2 cm³/mol. The lowest BCUT2D eigenvalue weighted by Gasteiger charge is -2.08. The highest BCUT2D eigenvalue weighted by Gasteiger charge is 2.19. The van der Waals surface area contributed by atoms with Gasteiger partial charge in [-0.25, -0.2) is 4.79 Å². The van der Waals surface area contributed by atoms with Gasteiger partial charge in [-0.3, -0.25) is 0 Å². The SMILES string of the molecule is CCCN1CCOC1=O. The van der Waals surface area contributed by atoms with E-state index in [9.17, 15) is 4.79 Å². The number of ether oxygens (including phenoxy) is 1. The van der Waals surface area contributed by atoms with Crippen LogP contribution in [0.2, 0.25) is 0 Å². The van der Waals surface area contributed by atoms with Crippen LogP contribution >= 0.6 is 0 Å². The average molecular weight is 129 g/mol. The Morgan fingerprint density at radius 2 is 2.56 bits per heavy atom. The maximum Gasteiger partial charge on any atom is 0.409 e. The maximum atomic E-state index is 10.7. The van der Waals surface area contributed by atoms with Crippen molar-refractivity contribution in [2.45, 2.75) is 13.3 Å². The number of rotatable bonds is 2. The second-order valence-electron chi connectivity index (χ2n) is 2.10. The van der Waals surface area contributed by atoms with Gasteiger partial charge in [0, 0.05) is 6.54 Å². The minimum atomic E-state index is -0.156. The summed E-state index contributed by atoms with van der Waals surface area (Å²) < 4.78 is 4.70. The predicted octanol–water partition coefficient (Wildman–Crippen LogP) is 0.849. The molecule has 0 radical (unpaired) electrons. The minimum absolute atomic E-state index is 0.156. The number of carbonyl (C=O) groups is 1. The fraction of sp³-hybridized carbons (Fsp3) is 0.833. The summed E-state index contributed by atoms with van der Waals surface area (Å²) in [4.78, 5) is 12.4. The van der Waals surface area contributed by atoms with Gasteiger partial charge in [0.15, 0.2) is 0 Å². The van der Waals surface area contributed by atoms with E-state index in [1.807, 2.05) is 6.92 Å². The van der Waals surface area contributed by atoms with Crippen LogP contribution in [0.4, 0.5) is 4.79 Å². The van der Waals surface area contributed by atoms with Crippen LogP contribution < -0.4 is 0 Å². The fourth-order valence-electron chi connectivity index (χ4n) is 0.899. The molecule has 1 heterocycles. The summed E-state index contributed by atoms with van der Waals surface area (Å²) in [6, 6.07) is 0. The van der Waals surface area contributed by atoms with Crippen molar-refractivity contribution in [1.82, 2.24) is 4.90 Å². The van der Waals surface area contributed by atoms with Crippen molar-refractivity contribution >= 4 is 6.09 Å². The Balaban J connectivity index is 2.31. The van der Waals surface area contributed by atoms with Crippen LogP contribution in [0.5, 0.6) is 0 Å². The zero-order valence-electron chi connectivity index (χ0n) is 5.59. The van der Waals surface area contributed by atoms with Gasteiger partial charge >= 0.3 is 6.09 Å². The van der Waals surface area contributed by atoms with Gasteiger partial charge in [0.1, 0.15) is 6.61 Å². The molecule has 1 amide bonds. The Kier molecular flexibility index (Phi) is 1.92. The molecule has 0 spiro atoms. The zero-order chi connectivity index (χ0) is 6.69. The van der Waals surface area contributed by atoms with Gasteiger partial charge in [-0.1, -0.05) is 6.92 Å². The van der Waals surface area contributed by atoms with Crippen molar-refractivity contribution in [3.8, 4) is 0 Å². The van der Waals surface area contributed by atoms with Crippen molar-refractivity contribution in [1.29, 1.82) is 0 Å². The van der Waals surface area contributed by atoms with Crippen molar-refractivity contribution in [3.05, 3.63) is 0 Å². The molecule has 1 aliphatic rings. The monoisotopic (exact) mass is 129 g/mol. The molecule has 9 heavy (non-hydrogen) atoms. The summed E-state index contributed by atoms with van der Waals surface area (Å²) in [6.07, 6.45) is 0.853. The Hall–Kier alpha value is -0.730. The van der Waals surface area contributed by atoms with Gasteiger partial charge in [0.25, 0.3) is 0 Å². The van der Waals surface area contributed by atoms with Gasteiger partial charge in [0.05, 0.1) is 6.54 Å². The molecule has 0 aliphatic carbocycles. The molecule has 0 aromatic rings. The number of carbonyl (C=O) groups excluding carboxylic acids is 1. The Labute approximate surface area is 54.6 Å². The molecule has 0 bridgehead atoms. The van der Waals surface area contributed by atoms with E-state index in [1.54, 1.807) is 4.90 Å². The number of hydrogen-bond acceptors (Lipinski definition) is 2. The van der Waals surface area contributed by atoms with Crippen LogP contribution in [0, 0.1) is 0 Å². The molecular weight excluding hydrogens is 118 g/mol. The van der Waals surface area contributed by atoms with E-state index < -0.39 is 0 Å². The van der Waals surface area contributed by atoms with E-state index in [2.05, 4.69) is 0 Å². The van der Waals surface area contributed by atoms with Gasteiger partial charge in [-0.15, -0.1) is 0 Å². The highest BCUT2D eigenvalue weighted by molar-refractivity contribution is 5.69. The lowest BCUT2D eigenvalue weighted by atomic mass is 10.4.